The molecule has 4 aromatic carbocycles. The maximum atomic E-state index is 6.41. The molecule has 0 unspecified atom stereocenters. The van der Waals surface area contributed by atoms with E-state index in [1.807, 2.05) is 36.4 Å². The van der Waals surface area contributed by atoms with Crippen molar-refractivity contribution in [3.63, 3.8) is 0 Å². The Balaban J connectivity index is 1.62. The quantitative estimate of drug-likeness (QED) is 0.222. The monoisotopic (exact) mass is 552 g/mol. The summed E-state index contributed by atoms with van der Waals surface area (Å²) in [5.41, 5.74) is 11.7. The molecule has 2 N–H and O–H groups in total. The number of hydrogen-bond donors (Lipinski definition) is 2. The summed E-state index contributed by atoms with van der Waals surface area (Å²) in [5.74, 6) is 0. The van der Waals surface area contributed by atoms with Gasteiger partial charge in [0.25, 0.3) is 0 Å². The lowest BCUT2D eigenvalue weighted by Crippen LogP contribution is -1.99. The van der Waals surface area contributed by atoms with Gasteiger partial charge in [-0.15, -0.1) is 0 Å². The molecule has 0 aliphatic carbocycles. The van der Waals surface area contributed by atoms with Crippen molar-refractivity contribution in [3.8, 4) is 0 Å². The molecule has 0 fully saturated rings. The zero-order chi connectivity index (χ0) is 26.0. The molecular formula is C30H30Cl2N2S2. The van der Waals surface area contributed by atoms with E-state index in [-0.39, 0.29) is 0 Å². The summed E-state index contributed by atoms with van der Waals surface area (Å²) < 4.78 is 0. The Morgan fingerprint density at radius 3 is 1.17 bits per heavy atom. The van der Waals surface area contributed by atoms with Gasteiger partial charge in [0.2, 0.25) is 0 Å². The summed E-state index contributed by atoms with van der Waals surface area (Å²) >= 11 is 12.8. The van der Waals surface area contributed by atoms with Crippen molar-refractivity contribution in [1.82, 2.24) is 0 Å². The lowest BCUT2D eigenvalue weighted by molar-refractivity contribution is 1.29. The van der Waals surface area contributed by atoms with Crippen LogP contribution in [-0.2, 0) is 0 Å². The van der Waals surface area contributed by atoms with E-state index in [1.165, 1.54) is 33.4 Å². The van der Waals surface area contributed by atoms with Gasteiger partial charge < -0.3 is 10.6 Å². The second-order valence-corrected chi connectivity index (χ2v) is 12.3. The molecule has 36 heavy (non-hydrogen) atoms. The molecule has 0 saturated heterocycles. The smallest absolute Gasteiger partial charge is 0.0532 e. The van der Waals surface area contributed by atoms with Crippen LogP contribution in [0.25, 0.3) is 0 Å². The number of hydrogen-bond acceptors (Lipinski definition) is 4. The first-order chi connectivity index (χ1) is 17.1. The van der Waals surface area contributed by atoms with Gasteiger partial charge in [-0.3, -0.25) is 0 Å². The van der Waals surface area contributed by atoms with Gasteiger partial charge in [-0.2, -0.15) is 0 Å². The van der Waals surface area contributed by atoms with Gasteiger partial charge in [-0.25, -0.2) is 0 Å². The van der Waals surface area contributed by atoms with Crippen LogP contribution in [-0.4, -0.2) is 0 Å². The van der Waals surface area contributed by atoms with Gasteiger partial charge in [0, 0.05) is 31.2 Å². The topological polar surface area (TPSA) is 24.1 Å². The zero-order valence-corrected chi connectivity index (χ0v) is 24.5. The van der Waals surface area contributed by atoms with E-state index in [1.54, 1.807) is 21.6 Å². The zero-order valence-electron chi connectivity index (χ0n) is 21.3. The lowest BCUT2D eigenvalue weighted by Gasteiger charge is -2.18. The third-order valence-corrected chi connectivity index (χ3v) is 8.90. The Morgan fingerprint density at radius 1 is 0.500 bits per heavy atom. The van der Waals surface area contributed by atoms with Crippen LogP contribution >= 0.6 is 44.8 Å². The summed E-state index contributed by atoms with van der Waals surface area (Å²) in [5, 5.41) is 8.71. The van der Waals surface area contributed by atoms with Crippen LogP contribution in [0, 0.1) is 41.5 Å². The highest BCUT2D eigenvalue weighted by Gasteiger charge is 2.13. The second-order valence-electron chi connectivity index (χ2n) is 9.25. The minimum absolute atomic E-state index is 0.705. The predicted molar refractivity (Wildman–Crippen MR) is 162 cm³/mol. The van der Waals surface area contributed by atoms with Crippen LogP contribution in [0.2, 0.25) is 10.0 Å². The first-order valence-corrected chi connectivity index (χ1v) is 14.6. The molecule has 0 saturated carbocycles. The number of halogens is 2. The van der Waals surface area contributed by atoms with Gasteiger partial charge >= 0.3 is 0 Å². The molecule has 0 spiro atoms. The van der Waals surface area contributed by atoms with Gasteiger partial charge in [0.15, 0.2) is 0 Å². The number of nitrogens with one attached hydrogen (secondary N) is 2. The predicted octanol–water partition coefficient (Wildman–Crippen LogP) is 11.1. The third kappa shape index (κ3) is 6.36. The fourth-order valence-electron chi connectivity index (χ4n) is 4.45. The van der Waals surface area contributed by atoms with Gasteiger partial charge in [-0.05, 0) is 100 Å². The van der Waals surface area contributed by atoms with E-state index in [0.717, 1.165) is 32.5 Å². The molecule has 4 rings (SSSR count). The van der Waals surface area contributed by atoms with Gasteiger partial charge in [0.05, 0.1) is 11.4 Å². The maximum absolute atomic E-state index is 6.41. The number of rotatable bonds is 7. The highest BCUT2D eigenvalue weighted by molar-refractivity contribution is 8.76. The van der Waals surface area contributed by atoms with E-state index in [4.69, 9.17) is 23.2 Å². The molecule has 0 heterocycles. The van der Waals surface area contributed by atoms with Crippen LogP contribution < -0.4 is 10.6 Å². The summed E-state index contributed by atoms with van der Waals surface area (Å²) in [4.78, 5) is 2.11. The SMILES string of the molecule is Cc1cc(C)c(Nc2ccc(Cl)cc2SSc2cc(Cl)ccc2Nc2c(C)cc(C)cc2C)c(C)c1. The van der Waals surface area contributed by atoms with E-state index in [0.29, 0.717) is 10.0 Å². The Kier molecular flexibility index (Phi) is 8.52. The Bertz CT molecular complexity index is 1280. The summed E-state index contributed by atoms with van der Waals surface area (Å²) in [6.07, 6.45) is 0. The highest BCUT2D eigenvalue weighted by Crippen LogP contribution is 2.46. The molecule has 186 valence electrons. The number of benzene rings is 4. The van der Waals surface area contributed by atoms with Crippen molar-refractivity contribution >= 4 is 67.5 Å². The second kappa shape index (κ2) is 11.4. The summed E-state index contributed by atoms with van der Waals surface area (Å²) in [7, 11) is 3.33. The standard InChI is InChI=1S/C30H30Cl2N2S2/c1-17-11-19(3)29(20(4)12-17)33-25-9-7-23(31)15-27(25)35-36-28-16-24(32)8-10-26(28)34-30-21(5)13-18(2)14-22(30)6/h7-16,33-34H,1-6H3. The van der Waals surface area contributed by atoms with E-state index < -0.39 is 0 Å². The van der Waals surface area contributed by atoms with E-state index >= 15 is 0 Å². The molecule has 4 aromatic rings. The van der Waals surface area contributed by atoms with E-state index in [2.05, 4.69) is 76.4 Å². The molecule has 0 aromatic heterocycles. The number of aryl methyl sites for hydroxylation is 6. The maximum Gasteiger partial charge on any atom is 0.0532 e. The molecular weight excluding hydrogens is 523 g/mol. The summed E-state index contributed by atoms with van der Waals surface area (Å²) in [6.45, 7) is 12.8. The highest BCUT2D eigenvalue weighted by atomic mass is 35.5. The normalized spacial score (nSPS) is 11.0. The van der Waals surface area contributed by atoms with Crippen LogP contribution in [0.1, 0.15) is 33.4 Å². The molecule has 2 nitrogen and oxygen atoms in total. The Hall–Kier alpha value is -2.24. The van der Waals surface area contributed by atoms with E-state index in [9.17, 15) is 0 Å². The molecule has 0 radical (unpaired) electrons. The average molecular weight is 554 g/mol. The van der Waals surface area contributed by atoms with Crippen molar-refractivity contribution in [3.05, 3.63) is 104 Å². The molecule has 6 heteroatoms. The molecule has 0 bridgehead atoms. The summed E-state index contributed by atoms with van der Waals surface area (Å²) in [6, 6.07) is 20.7. The fraction of sp³-hybridized carbons (Fsp3) is 0.200. The first kappa shape index (κ1) is 26.8. The van der Waals surface area contributed by atoms with Crippen LogP contribution in [0.5, 0.6) is 0 Å². The Labute approximate surface area is 232 Å². The Morgan fingerprint density at radius 2 is 0.833 bits per heavy atom. The fourth-order valence-corrected chi connectivity index (χ4v) is 7.24. The van der Waals surface area contributed by atoms with Gasteiger partial charge in [0.1, 0.15) is 0 Å². The van der Waals surface area contributed by atoms with Crippen LogP contribution in [0.15, 0.2) is 70.5 Å². The number of anilines is 4. The molecule has 0 aliphatic rings. The molecule has 0 aliphatic heterocycles. The van der Waals surface area contributed by atoms with Crippen molar-refractivity contribution in [1.29, 1.82) is 0 Å². The van der Waals surface area contributed by atoms with Crippen LogP contribution in [0.4, 0.5) is 22.7 Å². The van der Waals surface area contributed by atoms with Gasteiger partial charge in [-0.1, -0.05) is 80.2 Å². The van der Waals surface area contributed by atoms with Crippen LogP contribution in [0.3, 0.4) is 0 Å². The third-order valence-electron chi connectivity index (χ3n) is 5.98. The molecule has 0 amide bonds. The lowest BCUT2D eigenvalue weighted by atomic mass is 10.0. The largest absolute Gasteiger partial charge is 0.354 e. The average Bonchev–Trinajstić information content (AvgIpc) is 2.79. The van der Waals surface area contributed by atoms with Crippen molar-refractivity contribution in [2.24, 2.45) is 0 Å². The van der Waals surface area contributed by atoms with Crippen molar-refractivity contribution in [2.45, 2.75) is 51.3 Å². The minimum Gasteiger partial charge on any atom is -0.354 e. The minimum atomic E-state index is 0.705. The first-order valence-electron chi connectivity index (χ1n) is 11.7. The molecule has 0 atom stereocenters. The van der Waals surface area contributed by atoms with Crippen molar-refractivity contribution in [2.75, 3.05) is 10.6 Å². The van der Waals surface area contributed by atoms with Crippen molar-refractivity contribution < 1.29 is 0 Å².